The van der Waals surface area contributed by atoms with E-state index < -0.39 is 0 Å². The van der Waals surface area contributed by atoms with Gasteiger partial charge in [-0.25, -0.2) is 4.98 Å². The SMILES string of the molecule is Cc1c(Cl)ccc2c1nc1n(C)c(CCN)cn21. The maximum Gasteiger partial charge on any atom is 0.214 e. The van der Waals surface area contributed by atoms with Gasteiger partial charge in [-0.1, -0.05) is 11.6 Å². The van der Waals surface area contributed by atoms with Gasteiger partial charge in [0.15, 0.2) is 0 Å². The molecule has 0 saturated carbocycles. The summed E-state index contributed by atoms with van der Waals surface area (Å²) in [6.07, 6.45) is 2.96. The standard InChI is InChI=1S/C13H15ClN4/c1-8-10(14)3-4-11-12(8)16-13-17(2)9(5-6-15)7-18(11)13/h3-4,7H,5-6,15H2,1-2H3. The average Bonchev–Trinajstić information content (AvgIpc) is 2.85. The lowest BCUT2D eigenvalue weighted by Crippen LogP contribution is -2.06. The van der Waals surface area contributed by atoms with E-state index in [1.807, 2.05) is 26.1 Å². The predicted molar refractivity (Wildman–Crippen MR) is 74.2 cm³/mol. The monoisotopic (exact) mass is 262 g/mol. The maximum absolute atomic E-state index is 6.13. The van der Waals surface area contributed by atoms with Crippen LogP contribution in [-0.2, 0) is 13.5 Å². The zero-order chi connectivity index (χ0) is 12.9. The Morgan fingerprint density at radius 1 is 1.39 bits per heavy atom. The van der Waals surface area contributed by atoms with Crippen molar-refractivity contribution in [2.24, 2.45) is 12.8 Å². The van der Waals surface area contributed by atoms with E-state index in [-0.39, 0.29) is 0 Å². The van der Waals surface area contributed by atoms with Crippen molar-refractivity contribution < 1.29 is 0 Å². The second-order valence-corrected chi connectivity index (χ2v) is 4.95. The van der Waals surface area contributed by atoms with Crippen molar-refractivity contribution in [3.8, 4) is 0 Å². The maximum atomic E-state index is 6.13. The highest BCUT2D eigenvalue weighted by molar-refractivity contribution is 6.32. The van der Waals surface area contributed by atoms with Crippen LogP contribution >= 0.6 is 11.6 Å². The van der Waals surface area contributed by atoms with Gasteiger partial charge in [-0.2, -0.15) is 0 Å². The molecule has 0 saturated heterocycles. The van der Waals surface area contributed by atoms with Crippen molar-refractivity contribution in [1.82, 2.24) is 14.0 Å². The molecule has 4 nitrogen and oxygen atoms in total. The number of rotatable bonds is 2. The lowest BCUT2D eigenvalue weighted by atomic mass is 10.2. The van der Waals surface area contributed by atoms with E-state index in [2.05, 4.69) is 20.1 Å². The summed E-state index contributed by atoms with van der Waals surface area (Å²) in [5.41, 5.74) is 9.89. The summed E-state index contributed by atoms with van der Waals surface area (Å²) in [6, 6.07) is 3.93. The molecule has 1 aromatic carbocycles. The molecule has 0 aliphatic rings. The van der Waals surface area contributed by atoms with Crippen molar-refractivity contribution in [2.75, 3.05) is 6.54 Å². The first kappa shape index (κ1) is 11.6. The molecule has 0 spiro atoms. The van der Waals surface area contributed by atoms with Crippen LogP contribution in [0.5, 0.6) is 0 Å². The Bertz CT molecular complexity index is 738. The zero-order valence-electron chi connectivity index (χ0n) is 10.4. The van der Waals surface area contributed by atoms with E-state index in [4.69, 9.17) is 17.3 Å². The normalized spacial score (nSPS) is 11.8. The first-order chi connectivity index (χ1) is 8.63. The van der Waals surface area contributed by atoms with Gasteiger partial charge in [0.25, 0.3) is 0 Å². The van der Waals surface area contributed by atoms with Crippen molar-refractivity contribution >= 4 is 28.4 Å². The molecule has 0 unspecified atom stereocenters. The molecule has 0 fully saturated rings. The molecule has 0 radical (unpaired) electrons. The van der Waals surface area contributed by atoms with Crippen LogP contribution in [0.1, 0.15) is 11.3 Å². The smallest absolute Gasteiger partial charge is 0.214 e. The minimum Gasteiger partial charge on any atom is -0.330 e. The number of fused-ring (bicyclic) bond motifs is 3. The fourth-order valence-corrected chi connectivity index (χ4v) is 2.52. The Kier molecular flexibility index (Phi) is 2.57. The van der Waals surface area contributed by atoms with E-state index in [9.17, 15) is 0 Å². The number of nitrogens with two attached hydrogens (primary N) is 1. The van der Waals surface area contributed by atoms with Crippen LogP contribution in [-0.4, -0.2) is 20.5 Å². The van der Waals surface area contributed by atoms with Gasteiger partial charge in [0.1, 0.15) is 0 Å². The van der Waals surface area contributed by atoms with Gasteiger partial charge in [-0.15, -0.1) is 0 Å². The second kappa shape index (κ2) is 4.00. The summed E-state index contributed by atoms with van der Waals surface area (Å²) in [5, 5.41) is 0.757. The van der Waals surface area contributed by atoms with E-state index in [1.165, 1.54) is 5.69 Å². The molecular weight excluding hydrogens is 248 g/mol. The van der Waals surface area contributed by atoms with Crippen LogP contribution in [0.3, 0.4) is 0 Å². The highest BCUT2D eigenvalue weighted by atomic mass is 35.5. The van der Waals surface area contributed by atoms with Crippen LogP contribution in [0, 0.1) is 6.92 Å². The Labute approximate surface area is 110 Å². The van der Waals surface area contributed by atoms with Gasteiger partial charge in [0.05, 0.1) is 11.0 Å². The molecular formula is C13H15ClN4. The lowest BCUT2D eigenvalue weighted by molar-refractivity contribution is 0.820. The molecule has 0 aliphatic carbocycles. The largest absolute Gasteiger partial charge is 0.330 e. The number of hydrogen-bond donors (Lipinski definition) is 1. The van der Waals surface area contributed by atoms with Crippen molar-refractivity contribution in [3.05, 3.63) is 34.6 Å². The van der Waals surface area contributed by atoms with E-state index in [0.717, 1.165) is 33.8 Å². The van der Waals surface area contributed by atoms with E-state index in [0.29, 0.717) is 6.54 Å². The third-order valence-corrected chi connectivity index (χ3v) is 3.85. The third-order valence-electron chi connectivity index (χ3n) is 3.44. The molecule has 0 atom stereocenters. The highest BCUT2D eigenvalue weighted by Gasteiger charge is 2.13. The minimum absolute atomic E-state index is 0.643. The number of benzene rings is 1. The summed E-state index contributed by atoms with van der Waals surface area (Å²) in [6.45, 7) is 2.64. The van der Waals surface area contributed by atoms with Crippen molar-refractivity contribution in [3.63, 3.8) is 0 Å². The van der Waals surface area contributed by atoms with Crippen LogP contribution in [0.15, 0.2) is 18.3 Å². The fraction of sp³-hybridized carbons (Fsp3) is 0.308. The number of nitrogens with zero attached hydrogens (tertiary/aromatic N) is 3. The third kappa shape index (κ3) is 1.46. The quantitative estimate of drug-likeness (QED) is 0.770. The predicted octanol–water partition coefficient (Wildman–Crippen LogP) is 2.29. The zero-order valence-corrected chi connectivity index (χ0v) is 11.2. The van der Waals surface area contributed by atoms with Crippen LogP contribution in [0.4, 0.5) is 0 Å². The molecule has 18 heavy (non-hydrogen) atoms. The van der Waals surface area contributed by atoms with Gasteiger partial charge in [-0.3, -0.25) is 4.40 Å². The molecule has 5 heteroatoms. The fourth-order valence-electron chi connectivity index (χ4n) is 2.37. The van der Waals surface area contributed by atoms with Gasteiger partial charge in [0, 0.05) is 30.4 Å². The van der Waals surface area contributed by atoms with Gasteiger partial charge >= 0.3 is 0 Å². The first-order valence-electron chi connectivity index (χ1n) is 5.95. The Morgan fingerprint density at radius 2 is 2.17 bits per heavy atom. The molecule has 3 aromatic rings. The minimum atomic E-state index is 0.643. The Hall–Kier alpha value is -1.52. The van der Waals surface area contributed by atoms with Gasteiger partial charge in [-0.05, 0) is 31.2 Å². The lowest BCUT2D eigenvalue weighted by Gasteiger charge is -2.00. The average molecular weight is 263 g/mol. The highest BCUT2D eigenvalue weighted by Crippen LogP contribution is 2.26. The van der Waals surface area contributed by atoms with Crippen LogP contribution < -0.4 is 5.73 Å². The van der Waals surface area contributed by atoms with Gasteiger partial charge in [0.2, 0.25) is 5.78 Å². The molecule has 2 heterocycles. The molecule has 0 bridgehead atoms. The Balaban J connectivity index is 2.37. The molecule has 2 N–H and O–H groups in total. The topological polar surface area (TPSA) is 48.2 Å². The summed E-state index contributed by atoms with van der Waals surface area (Å²) >= 11 is 6.13. The second-order valence-electron chi connectivity index (χ2n) is 4.54. The summed E-state index contributed by atoms with van der Waals surface area (Å²) < 4.78 is 4.18. The van der Waals surface area contributed by atoms with Crippen molar-refractivity contribution in [1.29, 1.82) is 0 Å². The number of aryl methyl sites for hydroxylation is 2. The number of halogens is 1. The summed E-state index contributed by atoms with van der Waals surface area (Å²) in [7, 11) is 2.02. The first-order valence-corrected chi connectivity index (χ1v) is 6.33. The molecule has 3 rings (SSSR count). The Morgan fingerprint density at radius 3 is 2.89 bits per heavy atom. The molecule has 0 aliphatic heterocycles. The van der Waals surface area contributed by atoms with Crippen LogP contribution in [0.2, 0.25) is 5.02 Å². The molecule has 2 aromatic heterocycles. The molecule has 94 valence electrons. The van der Waals surface area contributed by atoms with Crippen molar-refractivity contribution in [2.45, 2.75) is 13.3 Å². The van der Waals surface area contributed by atoms with Gasteiger partial charge < -0.3 is 10.3 Å². The summed E-state index contributed by atoms with van der Waals surface area (Å²) in [5.74, 6) is 0.929. The number of hydrogen-bond acceptors (Lipinski definition) is 2. The summed E-state index contributed by atoms with van der Waals surface area (Å²) in [4.78, 5) is 4.68. The van der Waals surface area contributed by atoms with E-state index in [1.54, 1.807) is 0 Å². The number of aromatic nitrogens is 3. The molecule has 0 amide bonds. The van der Waals surface area contributed by atoms with E-state index >= 15 is 0 Å². The number of imidazole rings is 2. The van der Waals surface area contributed by atoms with Crippen LogP contribution in [0.25, 0.3) is 16.8 Å².